The molecular weight excluding hydrogens is 525 g/mol. The van der Waals surface area contributed by atoms with E-state index < -0.39 is 47.8 Å². The first kappa shape index (κ1) is 28.6. The number of aromatic amines is 1. The Morgan fingerprint density at radius 3 is 2.57 bits per heavy atom. The molecule has 1 aromatic carbocycles. The molecule has 5 atom stereocenters. The van der Waals surface area contributed by atoms with Crippen molar-refractivity contribution in [2.45, 2.75) is 64.2 Å². The Bertz CT molecular complexity index is 1300. The summed E-state index contributed by atoms with van der Waals surface area (Å²) in [5, 5.41) is 24.9. The van der Waals surface area contributed by atoms with Crippen LogP contribution in [0.3, 0.4) is 0 Å². The average molecular weight is 556 g/mol. The second-order valence-electron chi connectivity index (χ2n) is 8.60. The number of ether oxygens (including phenoxy) is 2. The van der Waals surface area contributed by atoms with Gasteiger partial charge in [0.1, 0.15) is 24.2 Å². The zero-order valence-electron chi connectivity index (χ0n) is 20.7. The highest BCUT2D eigenvalue weighted by Gasteiger charge is 2.54. The molecule has 0 bridgehead atoms. The molecule has 0 amide bonds. The van der Waals surface area contributed by atoms with Crippen molar-refractivity contribution < 1.29 is 33.5 Å². The zero-order chi connectivity index (χ0) is 27.4. The monoisotopic (exact) mass is 555 g/mol. The Kier molecular flexibility index (Phi) is 8.98. The third-order valence-electron chi connectivity index (χ3n) is 5.42. The van der Waals surface area contributed by atoms with Gasteiger partial charge < -0.3 is 28.7 Å². The highest BCUT2D eigenvalue weighted by atomic mass is 32.5. The van der Waals surface area contributed by atoms with E-state index in [-0.39, 0.29) is 18.3 Å². The van der Waals surface area contributed by atoms with E-state index in [4.69, 9.17) is 30.3 Å². The molecule has 14 heteroatoms. The quantitative estimate of drug-likeness (QED) is 0.192. The van der Waals surface area contributed by atoms with E-state index in [9.17, 15) is 24.6 Å². The minimum atomic E-state index is -3.51. The van der Waals surface area contributed by atoms with Gasteiger partial charge in [-0.2, -0.15) is 0 Å². The molecule has 1 aliphatic heterocycles. The van der Waals surface area contributed by atoms with Crippen LogP contribution in [0.1, 0.15) is 40.3 Å². The van der Waals surface area contributed by atoms with Crippen LogP contribution in [0, 0.1) is 0 Å². The van der Waals surface area contributed by atoms with Crippen molar-refractivity contribution in [1.82, 2.24) is 14.6 Å². The van der Waals surface area contributed by atoms with Gasteiger partial charge in [0.15, 0.2) is 11.4 Å². The van der Waals surface area contributed by atoms with Crippen LogP contribution >= 0.6 is 6.64 Å². The normalized spacial score (nSPS) is 24.8. The summed E-state index contributed by atoms with van der Waals surface area (Å²) < 4.78 is 23.5. The number of aromatic nitrogens is 2. The smallest absolute Gasteiger partial charge is 0.365 e. The summed E-state index contributed by atoms with van der Waals surface area (Å²) in [5.74, 6) is -0.457. The second kappa shape index (κ2) is 11.6. The topological polar surface area (TPSA) is 161 Å². The molecule has 1 aromatic heterocycles. The van der Waals surface area contributed by atoms with Crippen molar-refractivity contribution >= 4 is 24.4 Å². The summed E-state index contributed by atoms with van der Waals surface area (Å²) >= 11 is 5.62. The van der Waals surface area contributed by atoms with Crippen molar-refractivity contribution in [3.63, 3.8) is 0 Å². The molecule has 0 spiro atoms. The second-order valence-corrected chi connectivity index (χ2v) is 11.7. The number of H-pyrrole nitrogens is 1. The number of benzene rings is 1. The van der Waals surface area contributed by atoms with E-state index in [0.717, 1.165) is 23.1 Å². The van der Waals surface area contributed by atoms with Gasteiger partial charge >= 0.3 is 18.3 Å². The van der Waals surface area contributed by atoms with Crippen LogP contribution in [-0.4, -0.2) is 49.6 Å². The number of rotatable bonds is 10. The Hall–Kier alpha value is -2.96. The Labute approximate surface area is 218 Å². The fraction of sp³-hybridized carbons (Fsp3) is 0.435. The zero-order valence-corrected chi connectivity index (χ0v) is 22.4. The summed E-state index contributed by atoms with van der Waals surface area (Å²) in [5.41, 5.74) is -3.41. The SMILES string of the molecule is CC[C@@]1(O)[C@H](O)/C(=C\OP(=S)(NC(C)C(=O)OC(C)C)Oc2ccccc2)O[C@H]1n1ccc(=O)[nH]c1=O. The Balaban J connectivity index is 1.91. The minimum absolute atomic E-state index is 0.0211. The van der Waals surface area contributed by atoms with Crippen molar-refractivity contribution in [2.24, 2.45) is 0 Å². The molecule has 0 aliphatic carbocycles. The van der Waals surface area contributed by atoms with Crippen LogP contribution < -0.4 is 20.9 Å². The molecule has 1 aliphatic rings. The van der Waals surface area contributed by atoms with Crippen molar-refractivity contribution in [3.05, 3.63) is 75.5 Å². The summed E-state index contributed by atoms with van der Waals surface area (Å²) in [4.78, 5) is 38.2. The Morgan fingerprint density at radius 2 is 1.97 bits per heavy atom. The molecule has 2 aromatic rings. The molecule has 4 N–H and O–H groups in total. The number of nitrogens with one attached hydrogen (secondary N) is 2. The molecular formula is C23H30N3O9PS. The molecule has 12 nitrogen and oxygen atoms in total. The standard InChI is InChI=1S/C23H30N3O9PS/c1-5-23(31)19(28)17(34-21(23)26-12-11-18(27)24-22(26)30)13-32-36(37,35-16-9-7-6-8-10-16)25-15(4)20(29)33-14(2)3/h6-15,19,21,28,31H,5H2,1-4H3,(H,25,37)(H,24,27,30)/b17-13+/t15?,19-,21-,23-,36?/m1/s1. The molecule has 2 unspecified atom stereocenters. The van der Waals surface area contributed by atoms with Crippen molar-refractivity contribution in [1.29, 1.82) is 0 Å². The van der Waals surface area contributed by atoms with Gasteiger partial charge in [-0.15, -0.1) is 0 Å². The predicted octanol–water partition coefficient (Wildman–Crippen LogP) is 1.66. The summed E-state index contributed by atoms with van der Waals surface area (Å²) in [6.07, 6.45) is -1.24. The summed E-state index contributed by atoms with van der Waals surface area (Å²) in [7, 11) is 0. The molecule has 3 rings (SSSR count). The molecule has 0 saturated carbocycles. The van der Waals surface area contributed by atoms with E-state index in [1.54, 1.807) is 51.1 Å². The summed E-state index contributed by atoms with van der Waals surface area (Å²) in [6, 6.07) is 8.69. The first-order valence-corrected chi connectivity index (χ1v) is 14.1. The van der Waals surface area contributed by atoms with E-state index in [2.05, 4.69) is 10.1 Å². The number of aliphatic hydroxyl groups excluding tert-OH is 1. The van der Waals surface area contributed by atoms with Crippen LogP contribution in [0.2, 0.25) is 0 Å². The van der Waals surface area contributed by atoms with Gasteiger partial charge in [0.25, 0.3) is 5.56 Å². The van der Waals surface area contributed by atoms with Crippen LogP contribution in [-0.2, 0) is 30.6 Å². The molecule has 37 heavy (non-hydrogen) atoms. The predicted molar refractivity (Wildman–Crippen MR) is 137 cm³/mol. The fourth-order valence-electron chi connectivity index (χ4n) is 3.49. The average Bonchev–Trinajstić information content (AvgIpc) is 3.08. The first-order chi connectivity index (χ1) is 17.4. The molecule has 202 valence electrons. The van der Waals surface area contributed by atoms with Gasteiger partial charge in [0, 0.05) is 24.1 Å². The summed E-state index contributed by atoms with van der Waals surface area (Å²) in [6.45, 7) is 3.03. The lowest BCUT2D eigenvalue weighted by atomic mass is 9.93. The van der Waals surface area contributed by atoms with Crippen LogP contribution in [0.15, 0.2) is 64.2 Å². The van der Waals surface area contributed by atoms with Crippen LogP contribution in [0.4, 0.5) is 0 Å². The molecule has 1 fully saturated rings. The van der Waals surface area contributed by atoms with Crippen molar-refractivity contribution in [2.75, 3.05) is 0 Å². The lowest BCUT2D eigenvalue weighted by Gasteiger charge is -2.29. The van der Waals surface area contributed by atoms with Gasteiger partial charge in [-0.3, -0.25) is 19.1 Å². The van der Waals surface area contributed by atoms with Gasteiger partial charge in [0.05, 0.1) is 6.10 Å². The van der Waals surface area contributed by atoms with Crippen LogP contribution in [0.5, 0.6) is 5.75 Å². The first-order valence-electron chi connectivity index (χ1n) is 11.5. The molecule has 1 saturated heterocycles. The number of hydrogen-bond donors (Lipinski definition) is 4. The number of nitrogens with zero attached hydrogens (tertiary/aromatic N) is 1. The van der Waals surface area contributed by atoms with E-state index in [0.29, 0.717) is 5.75 Å². The number of esters is 1. The minimum Gasteiger partial charge on any atom is -0.465 e. The number of aliphatic hydroxyl groups is 2. The number of hydrogen-bond acceptors (Lipinski definition) is 10. The third-order valence-corrected chi connectivity index (χ3v) is 7.76. The van der Waals surface area contributed by atoms with Gasteiger partial charge in [-0.05, 0) is 39.3 Å². The van der Waals surface area contributed by atoms with E-state index in [1.807, 2.05) is 0 Å². The number of para-hydroxylation sites is 1. The third kappa shape index (κ3) is 6.68. The highest BCUT2D eigenvalue weighted by molar-refractivity contribution is 8.09. The van der Waals surface area contributed by atoms with E-state index in [1.165, 1.54) is 6.92 Å². The van der Waals surface area contributed by atoms with Gasteiger partial charge in [-0.25, -0.2) is 9.88 Å². The van der Waals surface area contributed by atoms with Crippen molar-refractivity contribution in [3.8, 4) is 5.75 Å². The maximum atomic E-state index is 12.4. The fourth-order valence-corrected chi connectivity index (χ4v) is 5.73. The lowest BCUT2D eigenvalue weighted by molar-refractivity contribution is -0.149. The number of carbonyl (C=O) groups is 1. The van der Waals surface area contributed by atoms with Gasteiger partial charge in [-0.1, -0.05) is 25.1 Å². The van der Waals surface area contributed by atoms with E-state index >= 15 is 0 Å². The lowest BCUT2D eigenvalue weighted by Crippen LogP contribution is -2.47. The highest BCUT2D eigenvalue weighted by Crippen LogP contribution is 2.48. The largest absolute Gasteiger partial charge is 0.465 e. The van der Waals surface area contributed by atoms with Gasteiger partial charge in [0.2, 0.25) is 6.23 Å². The maximum Gasteiger partial charge on any atom is 0.365 e. The number of carbonyl (C=O) groups excluding carboxylic acids is 1. The molecule has 2 heterocycles. The van der Waals surface area contributed by atoms with Crippen LogP contribution in [0.25, 0.3) is 0 Å². The molecule has 0 radical (unpaired) electrons. The maximum absolute atomic E-state index is 12.4. The Morgan fingerprint density at radius 1 is 1.30 bits per heavy atom.